The van der Waals surface area contributed by atoms with Gasteiger partial charge in [-0.1, -0.05) is 0 Å². The number of benzene rings is 1. The normalized spacial score (nSPS) is 13.3. The number of hydrogen-bond acceptors (Lipinski definition) is 3. The number of hydrogen-bond donors (Lipinski definition) is 2. The van der Waals surface area contributed by atoms with Crippen molar-refractivity contribution in [3.8, 4) is 0 Å². The molecule has 0 amide bonds. The summed E-state index contributed by atoms with van der Waals surface area (Å²) >= 11 is 0. The summed E-state index contributed by atoms with van der Waals surface area (Å²) in [6.07, 6.45) is 0.621. The van der Waals surface area contributed by atoms with Crippen molar-refractivity contribution >= 4 is 10.0 Å². The van der Waals surface area contributed by atoms with Gasteiger partial charge in [0.25, 0.3) is 0 Å². The van der Waals surface area contributed by atoms with Crippen LogP contribution in [0.2, 0.25) is 0 Å². The summed E-state index contributed by atoms with van der Waals surface area (Å²) in [5.74, 6) is -2.05. The van der Waals surface area contributed by atoms with Crippen LogP contribution in [0.25, 0.3) is 0 Å². The second-order valence-electron chi connectivity index (χ2n) is 4.49. The Morgan fingerprint density at radius 2 is 2.05 bits per heavy atom. The zero-order chi connectivity index (χ0) is 15.6. The average molecular weight is 316 g/mol. The van der Waals surface area contributed by atoms with Crippen molar-refractivity contribution in [2.24, 2.45) is 7.05 Å². The molecule has 0 bridgehead atoms. The molecule has 8 heteroatoms. The summed E-state index contributed by atoms with van der Waals surface area (Å²) in [4.78, 5) is -0.664. The van der Waals surface area contributed by atoms with E-state index in [0.29, 0.717) is 11.8 Å². The lowest BCUT2D eigenvalue weighted by Crippen LogP contribution is -2.29. The van der Waals surface area contributed by atoms with Crippen LogP contribution < -0.4 is 4.72 Å². The maximum atomic E-state index is 13.5. The molecular formula is C13H14F2N2O3S. The van der Waals surface area contributed by atoms with Crippen molar-refractivity contribution in [2.75, 3.05) is 6.54 Å². The van der Waals surface area contributed by atoms with E-state index in [1.54, 1.807) is 29.9 Å². The average Bonchev–Trinajstić information content (AvgIpc) is 2.82. The molecule has 0 aliphatic rings. The first-order valence-corrected chi connectivity index (χ1v) is 7.53. The van der Waals surface area contributed by atoms with Gasteiger partial charge in [0.05, 0.1) is 0 Å². The molecule has 0 aliphatic carbocycles. The summed E-state index contributed by atoms with van der Waals surface area (Å²) in [6, 6.07) is 5.51. The van der Waals surface area contributed by atoms with E-state index >= 15 is 0 Å². The number of aliphatic hydroxyl groups is 1. The van der Waals surface area contributed by atoms with E-state index < -0.39 is 32.7 Å². The van der Waals surface area contributed by atoms with E-state index in [0.717, 1.165) is 12.1 Å². The fourth-order valence-electron chi connectivity index (χ4n) is 1.88. The highest BCUT2D eigenvalue weighted by atomic mass is 32.2. The van der Waals surface area contributed by atoms with Gasteiger partial charge in [-0.25, -0.2) is 21.9 Å². The molecule has 0 saturated carbocycles. The summed E-state index contributed by atoms with van der Waals surface area (Å²) in [6.45, 7) is -0.322. The van der Waals surface area contributed by atoms with Crippen LogP contribution in [0.4, 0.5) is 8.78 Å². The van der Waals surface area contributed by atoms with E-state index in [4.69, 9.17) is 0 Å². The fraction of sp³-hybridized carbons (Fsp3) is 0.231. The smallest absolute Gasteiger partial charge is 0.243 e. The molecule has 0 radical (unpaired) electrons. The monoisotopic (exact) mass is 316 g/mol. The number of halogens is 2. The van der Waals surface area contributed by atoms with Gasteiger partial charge in [-0.15, -0.1) is 0 Å². The van der Waals surface area contributed by atoms with E-state index in [9.17, 15) is 22.3 Å². The highest BCUT2D eigenvalue weighted by Crippen LogP contribution is 2.17. The molecule has 2 rings (SSSR count). The second-order valence-corrected chi connectivity index (χ2v) is 6.22. The summed E-state index contributed by atoms with van der Waals surface area (Å²) in [5, 5.41) is 9.91. The summed E-state index contributed by atoms with van der Waals surface area (Å²) in [7, 11) is -2.47. The van der Waals surface area contributed by atoms with Crippen molar-refractivity contribution in [3.05, 3.63) is 53.9 Å². The van der Waals surface area contributed by atoms with E-state index in [1.165, 1.54) is 0 Å². The number of nitrogens with zero attached hydrogens (tertiary/aromatic N) is 1. The minimum absolute atomic E-state index is 0.322. The SMILES string of the molecule is Cn1cccc1C(O)CNS(=O)(=O)c1ccc(F)cc1F. The zero-order valence-electron chi connectivity index (χ0n) is 11.1. The van der Waals surface area contributed by atoms with Crippen LogP contribution in [0.5, 0.6) is 0 Å². The number of aromatic nitrogens is 1. The van der Waals surface area contributed by atoms with Crippen LogP contribution in [0.3, 0.4) is 0 Å². The highest BCUT2D eigenvalue weighted by Gasteiger charge is 2.21. The topological polar surface area (TPSA) is 71.3 Å². The third-order valence-corrected chi connectivity index (χ3v) is 4.43. The molecule has 114 valence electrons. The van der Waals surface area contributed by atoms with Crippen LogP contribution in [0, 0.1) is 11.6 Å². The van der Waals surface area contributed by atoms with Crippen LogP contribution >= 0.6 is 0 Å². The molecule has 1 aromatic carbocycles. The van der Waals surface area contributed by atoms with Gasteiger partial charge in [-0.05, 0) is 24.3 Å². The Morgan fingerprint density at radius 1 is 1.33 bits per heavy atom. The van der Waals surface area contributed by atoms with Crippen LogP contribution in [0.1, 0.15) is 11.8 Å². The quantitative estimate of drug-likeness (QED) is 0.874. The molecule has 21 heavy (non-hydrogen) atoms. The van der Waals surface area contributed by atoms with Crippen molar-refractivity contribution in [3.63, 3.8) is 0 Å². The van der Waals surface area contributed by atoms with Crippen LogP contribution in [0.15, 0.2) is 41.4 Å². The minimum atomic E-state index is -4.17. The molecule has 0 aliphatic heterocycles. The Kier molecular flexibility index (Phi) is 4.40. The van der Waals surface area contributed by atoms with Crippen molar-refractivity contribution in [1.82, 2.24) is 9.29 Å². The standard InChI is InChI=1S/C13H14F2N2O3S/c1-17-6-2-3-11(17)12(18)8-16-21(19,20)13-5-4-9(14)7-10(13)15/h2-7,12,16,18H,8H2,1H3. The predicted octanol–water partition coefficient (Wildman–Crippen LogP) is 1.32. The van der Waals surface area contributed by atoms with Crippen LogP contribution in [-0.2, 0) is 17.1 Å². The van der Waals surface area contributed by atoms with E-state index in [2.05, 4.69) is 4.72 Å². The van der Waals surface area contributed by atoms with Gasteiger partial charge in [-0.2, -0.15) is 0 Å². The zero-order valence-corrected chi connectivity index (χ0v) is 11.9. The molecule has 1 atom stereocenters. The molecular weight excluding hydrogens is 302 g/mol. The molecule has 2 N–H and O–H groups in total. The van der Waals surface area contributed by atoms with Crippen LogP contribution in [-0.4, -0.2) is 24.6 Å². The van der Waals surface area contributed by atoms with Gasteiger partial charge in [0.1, 0.15) is 22.6 Å². The Labute approximate surface area is 120 Å². The van der Waals surface area contributed by atoms with Gasteiger partial charge < -0.3 is 9.67 Å². The molecule has 1 unspecified atom stereocenters. The first-order valence-electron chi connectivity index (χ1n) is 6.05. The summed E-state index contributed by atoms with van der Waals surface area (Å²) in [5.41, 5.74) is 0.511. The van der Waals surface area contributed by atoms with Gasteiger partial charge in [0.15, 0.2) is 0 Å². The van der Waals surface area contributed by atoms with Crippen molar-refractivity contribution < 1.29 is 22.3 Å². The predicted molar refractivity (Wildman–Crippen MR) is 71.9 cm³/mol. The van der Waals surface area contributed by atoms with Gasteiger partial charge in [-0.3, -0.25) is 0 Å². The molecule has 2 aromatic rings. The molecule has 0 spiro atoms. The number of aliphatic hydroxyl groups excluding tert-OH is 1. The van der Waals surface area contributed by atoms with Crippen molar-refractivity contribution in [1.29, 1.82) is 0 Å². The molecule has 0 fully saturated rings. The van der Waals surface area contributed by atoms with E-state index in [1.807, 2.05) is 0 Å². The Balaban J connectivity index is 2.13. The Morgan fingerprint density at radius 3 is 2.62 bits per heavy atom. The first kappa shape index (κ1) is 15.6. The lowest BCUT2D eigenvalue weighted by molar-refractivity contribution is 0.173. The third kappa shape index (κ3) is 3.46. The molecule has 0 saturated heterocycles. The number of nitrogens with one attached hydrogen (secondary N) is 1. The maximum Gasteiger partial charge on any atom is 0.243 e. The Bertz CT molecular complexity index is 744. The highest BCUT2D eigenvalue weighted by molar-refractivity contribution is 7.89. The van der Waals surface area contributed by atoms with Crippen molar-refractivity contribution in [2.45, 2.75) is 11.0 Å². The number of sulfonamides is 1. The molecule has 5 nitrogen and oxygen atoms in total. The summed E-state index contributed by atoms with van der Waals surface area (Å²) < 4.78 is 53.9. The third-order valence-electron chi connectivity index (χ3n) is 2.98. The second kappa shape index (κ2) is 5.92. The largest absolute Gasteiger partial charge is 0.386 e. The fourth-order valence-corrected chi connectivity index (χ4v) is 2.98. The lowest BCUT2D eigenvalue weighted by Gasteiger charge is -2.13. The maximum absolute atomic E-state index is 13.5. The van der Waals surface area contributed by atoms with Gasteiger partial charge >= 0.3 is 0 Å². The minimum Gasteiger partial charge on any atom is -0.386 e. The number of rotatable bonds is 5. The number of aryl methyl sites for hydroxylation is 1. The van der Waals surface area contributed by atoms with E-state index in [-0.39, 0.29) is 6.54 Å². The van der Waals surface area contributed by atoms with Gasteiger partial charge in [0, 0.05) is 31.5 Å². The van der Waals surface area contributed by atoms with Gasteiger partial charge in [0.2, 0.25) is 10.0 Å². The first-order chi connectivity index (χ1) is 9.81. The molecule has 1 aromatic heterocycles. The molecule has 1 heterocycles. The lowest BCUT2D eigenvalue weighted by atomic mass is 10.2. The Hall–Kier alpha value is -1.77.